The Hall–Kier alpha value is -2.11. The number of hydrogen-bond donors (Lipinski definition) is 1. The Bertz CT molecular complexity index is 690. The number of pyridine rings is 1. The highest BCUT2D eigenvalue weighted by Gasteiger charge is 2.33. The van der Waals surface area contributed by atoms with Crippen molar-refractivity contribution in [3.63, 3.8) is 0 Å². The average Bonchev–Trinajstić information content (AvgIpc) is 3.06. The standard InChI is InChI=1S/C15H19N5O/c1-19-13-12(3-2-7-16-13)18-15(19)20-8-6-10(9-20)14(21)17-11-4-5-11/h2-3,7,10-11H,4-6,8-9H2,1H3,(H,17,21). The van der Waals surface area contributed by atoms with Crippen molar-refractivity contribution in [1.82, 2.24) is 19.9 Å². The van der Waals surface area contributed by atoms with Crippen LogP contribution < -0.4 is 10.2 Å². The number of amides is 1. The lowest BCUT2D eigenvalue weighted by Gasteiger charge is -2.17. The summed E-state index contributed by atoms with van der Waals surface area (Å²) in [6.07, 6.45) is 4.95. The van der Waals surface area contributed by atoms with Gasteiger partial charge in [-0.25, -0.2) is 9.97 Å². The van der Waals surface area contributed by atoms with Gasteiger partial charge < -0.3 is 10.2 Å². The molecular formula is C15H19N5O. The van der Waals surface area contributed by atoms with E-state index in [2.05, 4.69) is 20.2 Å². The summed E-state index contributed by atoms with van der Waals surface area (Å²) in [5, 5.41) is 3.10. The van der Waals surface area contributed by atoms with Crippen molar-refractivity contribution >= 4 is 23.0 Å². The fourth-order valence-corrected chi connectivity index (χ4v) is 3.00. The second kappa shape index (κ2) is 4.72. The highest BCUT2D eigenvalue weighted by molar-refractivity contribution is 5.81. The first-order valence-electron chi connectivity index (χ1n) is 7.55. The SMILES string of the molecule is Cn1c(N2CCC(C(=O)NC3CC3)C2)nc2cccnc21. The fourth-order valence-electron chi connectivity index (χ4n) is 3.00. The molecule has 6 nitrogen and oxygen atoms in total. The summed E-state index contributed by atoms with van der Waals surface area (Å²) in [7, 11) is 1.98. The van der Waals surface area contributed by atoms with Crippen LogP contribution in [0.2, 0.25) is 0 Å². The molecule has 2 aromatic heterocycles. The molecule has 6 heteroatoms. The number of aromatic nitrogens is 3. The van der Waals surface area contributed by atoms with Crippen LogP contribution in [0.4, 0.5) is 5.95 Å². The summed E-state index contributed by atoms with van der Waals surface area (Å²) >= 11 is 0. The van der Waals surface area contributed by atoms with Gasteiger partial charge in [0.05, 0.1) is 5.92 Å². The maximum Gasteiger partial charge on any atom is 0.225 e. The lowest BCUT2D eigenvalue weighted by atomic mass is 10.1. The van der Waals surface area contributed by atoms with E-state index in [4.69, 9.17) is 0 Å². The second-order valence-corrected chi connectivity index (χ2v) is 6.03. The Balaban J connectivity index is 1.53. The molecule has 3 heterocycles. The van der Waals surface area contributed by atoms with Crippen LogP contribution in [0.25, 0.3) is 11.2 Å². The molecule has 2 aliphatic rings. The Morgan fingerprint density at radius 3 is 3.00 bits per heavy atom. The van der Waals surface area contributed by atoms with Gasteiger partial charge in [-0.15, -0.1) is 0 Å². The number of carbonyl (C=O) groups excluding carboxylic acids is 1. The van der Waals surface area contributed by atoms with Crippen LogP contribution in [-0.4, -0.2) is 39.6 Å². The summed E-state index contributed by atoms with van der Waals surface area (Å²) in [5.74, 6) is 1.20. The van der Waals surface area contributed by atoms with Crippen LogP contribution in [0.1, 0.15) is 19.3 Å². The fraction of sp³-hybridized carbons (Fsp3) is 0.533. The van der Waals surface area contributed by atoms with Gasteiger partial charge in [-0.05, 0) is 31.4 Å². The summed E-state index contributed by atoms with van der Waals surface area (Å²) in [5.41, 5.74) is 1.79. The molecule has 2 aromatic rings. The molecule has 1 N–H and O–H groups in total. The molecule has 110 valence electrons. The monoisotopic (exact) mass is 285 g/mol. The van der Waals surface area contributed by atoms with Crippen molar-refractivity contribution in [3.8, 4) is 0 Å². The van der Waals surface area contributed by atoms with E-state index >= 15 is 0 Å². The van der Waals surface area contributed by atoms with E-state index in [1.165, 1.54) is 0 Å². The lowest BCUT2D eigenvalue weighted by molar-refractivity contribution is -0.124. The Labute approximate surface area is 123 Å². The number of carbonyl (C=O) groups is 1. The Morgan fingerprint density at radius 2 is 2.24 bits per heavy atom. The zero-order valence-electron chi connectivity index (χ0n) is 12.1. The predicted octanol–water partition coefficient (Wildman–Crippen LogP) is 1.07. The molecule has 2 fully saturated rings. The number of nitrogens with zero attached hydrogens (tertiary/aromatic N) is 4. The van der Waals surface area contributed by atoms with Crippen LogP contribution in [-0.2, 0) is 11.8 Å². The largest absolute Gasteiger partial charge is 0.353 e. The molecule has 1 saturated carbocycles. The summed E-state index contributed by atoms with van der Waals surface area (Å²) in [6, 6.07) is 4.31. The topological polar surface area (TPSA) is 63.1 Å². The van der Waals surface area contributed by atoms with Gasteiger partial charge >= 0.3 is 0 Å². The van der Waals surface area contributed by atoms with Crippen molar-refractivity contribution < 1.29 is 4.79 Å². The van der Waals surface area contributed by atoms with Crippen LogP contribution >= 0.6 is 0 Å². The zero-order chi connectivity index (χ0) is 14.4. The Morgan fingerprint density at radius 1 is 1.38 bits per heavy atom. The number of fused-ring (bicyclic) bond motifs is 1. The zero-order valence-corrected chi connectivity index (χ0v) is 12.1. The minimum atomic E-state index is 0.0818. The van der Waals surface area contributed by atoms with Crippen LogP contribution in [0.5, 0.6) is 0 Å². The van der Waals surface area contributed by atoms with Crippen molar-refractivity contribution in [2.24, 2.45) is 13.0 Å². The highest BCUT2D eigenvalue weighted by Crippen LogP contribution is 2.27. The van der Waals surface area contributed by atoms with Crippen molar-refractivity contribution in [3.05, 3.63) is 18.3 Å². The van der Waals surface area contributed by atoms with Gasteiger partial charge in [0.15, 0.2) is 5.65 Å². The molecule has 1 saturated heterocycles. The third-order valence-corrected chi connectivity index (χ3v) is 4.37. The molecule has 1 unspecified atom stereocenters. The van der Waals surface area contributed by atoms with Gasteiger partial charge in [-0.2, -0.15) is 0 Å². The summed E-state index contributed by atoms with van der Waals surface area (Å²) in [6.45, 7) is 1.62. The van der Waals surface area contributed by atoms with Gasteiger partial charge in [0.25, 0.3) is 0 Å². The van der Waals surface area contributed by atoms with Crippen LogP contribution in [0.15, 0.2) is 18.3 Å². The number of anilines is 1. The number of nitrogens with one attached hydrogen (secondary N) is 1. The van der Waals surface area contributed by atoms with Crippen molar-refractivity contribution in [2.75, 3.05) is 18.0 Å². The van der Waals surface area contributed by atoms with Gasteiger partial charge in [-0.3, -0.25) is 9.36 Å². The molecule has 0 aromatic carbocycles. The minimum Gasteiger partial charge on any atom is -0.353 e. The molecule has 0 radical (unpaired) electrons. The Kier molecular flexibility index (Phi) is 2.83. The van der Waals surface area contributed by atoms with Crippen molar-refractivity contribution in [2.45, 2.75) is 25.3 Å². The second-order valence-electron chi connectivity index (χ2n) is 6.03. The van der Waals surface area contributed by atoms with Gasteiger partial charge in [0.2, 0.25) is 11.9 Å². The normalized spacial score (nSPS) is 22.0. The number of imidazole rings is 1. The molecule has 0 bridgehead atoms. The first-order chi connectivity index (χ1) is 10.2. The highest BCUT2D eigenvalue weighted by atomic mass is 16.2. The van der Waals surface area contributed by atoms with E-state index in [0.29, 0.717) is 6.04 Å². The van der Waals surface area contributed by atoms with E-state index in [0.717, 1.165) is 49.5 Å². The summed E-state index contributed by atoms with van der Waals surface area (Å²) in [4.78, 5) is 23.4. The van der Waals surface area contributed by atoms with E-state index in [9.17, 15) is 4.79 Å². The molecule has 1 aliphatic carbocycles. The quantitative estimate of drug-likeness (QED) is 0.916. The van der Waals surface area contributed by atoms with Gasteiger partial charge in [-0.1, -0.05) is 0 Å². The van der Waals surface area contributed by atoms with E-state index < -0.39 is 0 Å². The smallest absolute Gasteiger partial charge is 0.225 e. The van der Waals surface area contributed by atoms with Gasteiger partial charge in [0.1, 0.15) is 5.52 Å². The van der Waals surface area contributed by atoms with E-state index in [-0.39, 0.29) is 11.8 Å². The minimum absolute atomic E-state index is 0.0818. The molecule has 0 spiro atoms. The lowest BCUT2D eigenvalue weighted by Crippen LogP contribution is -2.34. The third-order valence-electron chi connectivity index (χ3n) is 4.37. The number of rotatable bonds is 3. The third kappa shape index (κ3) is 2.24. The maximum absolute atomic E-state index is 12.2. The molecule has 1 amide bonds. The van der Waals surface area contributed by atoms with Gasteiger partial charge in [0, 0.05) is 32.4 Å². The first-order valence-corrected chi connectivity index (χ1v) is 7.55. The molecule has 21 heavy (non-hydrogen) atoms. The van der Waals surface area contributed by atoms with Crippen LogP contribution in [0, 0.1) is 5.92 Å². The average molecular weight is 285 g/mol. The molecule has 1 aliphatic heterocycles. The summed E-state index contributed by atoms with van der Waals surface area (Å²) < 4.78 is 2.01. The van der Waals surface area contributed by atoms with E-state index in [1.54, 1.807) is 6.20 Å². The molecular weight excluding hydrogens is 266 g/mol. The molecule has 1 atom stereocenters. The number of aryl methyl sites for hydroxylation is 1. The van der Waals surface area contributed by atoms with Crippen molar-refractivity contribution in [1.29, 1.82) is 0 Å². The number of hydrogen-bond acceptors (Lipinski definition) is 4. The maximum atomic E-state index is 12.2. The van der Waals surface area contributed by atoms with E-state index in [1.807, 2.05) is 23.7 Å². The molecule has 4 rings (SSSR count). The van der Waals surface area contributed by atoms with Crippen LogP contribution in [0.3, 0.4) is 0 Å². The predicted molar refractivity (Wildman–Crippen MR) is 80.0 cm³/mol. The first kappa shape index (κ1) is 12.6.